The molecule has 3 N–H and O–H groups in total. The molecule has 1 rings (SSSR count). The standard InChI is InChI=1S/C8H8N2O4/c1-9-7(11)6-3-2-5(8(12)13)4-10(6)14/h2-4H,1H3,(H2-,9,11,12,13,14)/p+1. The number of rotatable bonds is 2. The Kier molecular flexibility index (Phi) is 2.66. The highest BCUT2D eigenvalue weighted by Gasteiger charge is 2.20. The summed E-state index contributed by atoms with van der Waals surface area (Å²) in [5, 5.41) is 20.1. The second-order valence-corrected chi connectivity index (χ2v) is 2.53. The molecular weight excluding hydrogens is 188 g/mol. The molecule has 0 unspecified atom stereocenters. The van der Waals surface area contributed by atoms with Gasteiger partial charge in [-0.25, -0.2) is 4.79 Å². The van der Waals surface area contributed by atoms with Crippen LogP contribution in [0.3, 0.4) is 0 Å². The van der Waals surface area contributed by atoms with Gasteiger partial charge >= 0.3 is 17.6 Å². The Morgan fingerprint density at radius 2 is 2.07 bits per heavy atom. The number of carboxylic acids is 1. The molecule has 1 aromatic heterocycles. The Labute approximate surface area is 79.4 Å². The van der Waals surface area contributed by atoms with E-state index in [2.05, 4.69) is 5.32 Å². The molecule has 0 aliphatic heterocycles. The van der Waals surface area contributed by atoms with Crippen LogP contribution in [0.2, 0.25) is 0 Å². The van der Waals surface area contributed by atoms with Gasteiger partial charge in [-0.1, -0.05) is 0 Å². The third kappa shape index (κ3) is 1.79. The summed E-state index contributed by atoms with van der Waals surface area (Å²) in [4.78, 5) is 21.6. The van der Waals surface area contributed by atoms with Crippen molar-refractivity contribution in [3.8, 4) is 0 Å². The maximum atomic E-state index is 11.1. The number of hydrogen-bond donors (Lipinski definition) is 3. The molecule has 0 fully saturated rings. The van der Waals surface area contributed by atoms with Crippen LogP contribution in [0.15, 0.2) is 18.3 Å². The molecule has 0 atom stereocenters. The molecule has 0 saturated heterocycles. The highest BCUT2D eigenvalue weighted by Crippen LogP contribution is 1.97. The van der Waals surface area contributed by atoms with E-state index in [-0.39, 0.29) is 11.3 Å². The summed E-state index contributed by atoms with van der Waals surface area (Å²) in [5.41, 5.74) is -0.127. The first-order valence-electron chi connectivity index (χ1n) is 3.76. The predicted molar refractivity (Wildman–Crippen MR) is 44.2 cm³/mol. The van der Waals surface area contributed by atoms with Crippen LogP contribution in [0.25, 0.3) is 0 Å². The maximum absolute atomic E-state index is 11.1. The molecule has 0 aromatic carbocycles. The maximum Gasteiger partial charge on any atom is 0.341 e. The quantitative estimate of drug-likeness (QED) is 0.430. The van der Waals surface area contributed by atoms with E-state index in [1.165, 1.54) is 19.2 Å². The van der Waals surface area contributed by atoms with Gasteiger partial charge in [0.1, 0.15) is 5.56 Å². The fourth-order valence-corrected chi connectivity index (χ4v) is 0.924. The number of carbonyl (C=O) groups is 2. The van der Waals surface area contributed by atoms with E-state index < -0.39 is 11.9 Å². The van der Waals surface area contributed by atoms with Crippen molar-refractivity contribution in [3.05, 3.63) is 29.6 Å². The Balaban J connectivity index is 3.14. The van der Waals surface area contributed by atoms with Gasteiger partial charge in [0.05, 0.1) is 0 Å². The van der Waals surface area contributed by atoms with Crippen molar-refractivity contribution in [1.29, 1.82) is 0 Å². The molecule has 14 heavy (non-hydrogen) atoms. The fourth-order valence-electron chi connectivity index (χ4n) is 0.924. The van der Waals surface area contributed by atoms with Crippen LogP contribution >= 0.6 is 0 Å². The summed E-state index contributed by atoms with van der Waals surface area (Å²) in [6.45, 7) is 0. The molecule has 1 amide bonds. The lowest BCUT2D eigenvalue weighted by Gasteiger charge is -1.96. The van der Waals surface area contributed by atoms with E-state index >= 15 is 0 Å². The lowest BCUT2D eigenvalue weighted by Crippen LogP contribution is -2.41. The number of pyridine rings is 1. The van der Waals surface area contributed by atoms with Gasteiger partial charge in [0, 0.05) is 17.8 Å². The molecule has 0 aliphatic carbocycles. The van der Waals surface area contributed by atoms with Gasteiger partial charge < -0.3 is 10.4 Å². The highest BCUT2D eigenvalue weighted by molar-refractivity contribution is 5.91. The summed E-state index contributed by atoms with van der Waals surface area (Å²) in [7, 11) is 1.41. The Morgan fingerprint density at radius 1 is 1.43 bits per heavy atom. The van der Waals surface area contributed by atoms with Crippen molar-refractivity contribution in [2.24, 2.45) is 0 Å². The summed E-state index contributed by atoms with van der Waals surface area (Å²) in [5.74, 6) is -1.67. The topological polar surface area (TPSA) is 90.5 Å². The number of carbonyl (C=O) groups excluding carboxylic acids is 1. The van der Waals surface area contributed by atoms with E-state index in [4.69, 9.17) is 5.11 Å². The van der Waals surface area contributed by atoms with Crippen LogP contribution in [-0.4, -0.2) is 29.2 Å². The number of nitrogens with zero attached hydrogens (tertiary/aromatic N) is 1. The Morgan fingerprint density at radius 3 is 2.50 bits per heavy atom. The van der Waals surface area contributed by atoms with Crippen molar-refractivity contribution < 1.29 is 24.6 Å². The first-order valence-corrected chi connectivity index (χ1v) is 3.76. The van der Waals surface area contributed by atoms with E-state index in [0.717, 1.165) is 6.20 Å². The lowest BCUT2D eigenvalue weighted by molar-refractivity contribution is -0.906. The average molecular weight is 197 g/mol. The number of aromatic carboxylic acids is 1. The lowest BCUT2D eigenvalue weighted by atomic mass is 10.2. The SMILES string of the molecule is CNC(=O)c1ccc(C(=O)O)c[n+]1O. The van der Waals surface area contributed by atoms with E-state index in [1.54, 1.807) is 0 Å². The molecule has 6 nitrogen and oxygen atoms in total. The molecule has 0 radical (unpaired) electrons. The number of carboxylic acid groups (broad SMARTS) is 1. The van der Waals surface area contributed by atoms with Gasteiger partial charge in [-0.15, -0.1) is 0 Å². The fraction of sp³-hybridized carbons (Fsp3) is 0.125. The first kappa shape index (κ1) is 9.97. The zero-order valence-electron chi connectivity index (χ0n) is 7.39. The Hall–Kier alpha value is -2.11. The first-order chi connectivity index (χ1) is 6.56. The summed E-state index contributed by atoms with van der Waals surface area (Å²) < 4.78 is 0.474. The van der Waals surface area contributed by atoms with Crippen LogP contribution in [0, 0.1) is 0 Å². The molecular formula is C8H9N2O4+. The number of amides is 1. The van der Waals surface area contributed by atoms with E-state index in [0.29, 0.717) is 4.73 Å². The molecule has 0 bridgehead atoms. The van der Waals surface area contributed by atoms with Crippen LogP contribution in [-0.2, 0) is 0 Å². The van der Waals surface area contributed by atoms with Crippen molar-refractivity contribution in [2.75, 3.05) is 7.05 Å². The van der Waals surface area contributed by atoms with Crippen LogP contribution < -0.4 is 10.0 Å². The van der Waals surface area contributed by atoms with Crippen molar-refractivity contribution in [1.82, 2.24) is 5.32 Å². The van der Waals surface area contributed by atoms with Crippen molar-refractivity contribution in [3.63, 3.8) is 0 Å². The minimum Gasteiger partial charge on any atom is -0.477 e. The minimum absolute atomic E-state index is 0.0301. The molecule has 74 valence electrons. The molecule has 6 heteroatoms. The van der Waals surface area contributed by atoms with Crippen molar-refractivity contribution >= 4 is 11.9 Å². The van der Waals surface area contributed by atoms with Crippen LogP contribution in [0.5, 0.6) is 0 Å². The number of nitrogens with one attached hydrogen (secondary N) is 1. The molecule has 1 aromatic rings. The summed E-state index contributed by atoms with van der Waals surface area (Å²) in [6, 6.07) is 2.46. The predicted octanol–water partition coefficient (Wildman–Crippen LogP) is -0.731. The monoisotopic (exact) mass is 197 g/mol. The normalized spacial score (nSPS) is 9.50. The zero-order chi connectivity index (χ0) is 10.7. The Bertz CT molecular complexity index is 389. The van der Waals surface area contributed by atoms with Gasteiger partial charge in [-0.3, -0.25) is 10.0 Å². The van der Waals surface area contributed by atoms with Gasteiger partial charge in [-0.05, 0) is 6.07 Å². The third-order valence-corrected chi connectivity index (χ3v) is 1.64. The summed E-state index contributed by atoms with van der Waals surface area (Å²) in [6.07, 6.45) is 0.951. The second-order valence-electron chi connectivity index (χ2n) is 2.53. The molecule has 0 spiro atoms. The summed E-state index contributed by atoms with van der Waals surface area (Å²) >= 11 is 0. The second kappa shape index (κ2) is 3.73. The van der Waals surface area contributed by atoms with Crippen LogP contribution in [0.1, 0.15) is 20.8 Å². The van der Waals surface area contributed by atoms with E-state index in [9.17, 15) is 14.8 Å². The van der Waals surface area contributed by atoms with Crippen LogP contribution in [0.4, 0.5) is 0 Å². The third-order valence-electron chi connectivity index (χ3n) is 1.64. The number of aromatic nitrogens is 1. The molecule has 0 aliphatic rings. The largest absolute Gasteiger partial charge is 0.477 e. The van der Waals surface area contributed by atoms with E-state index in [1.807, 2.05) is 0 Å². The number of hydrogen-bond acceptors (Lipinski definition) is 3. The zero-order valence-corrected chi connectivity index (χ0v) is 7.39. The van der Waals surface area contributed by atoms with Crippen molar-refractivity contribution in [2.45, 2.75) is 0 Å². The van der Waals surface area contributed by atoms with Gasteiger partial charge in [0.2, 0.25) is 6.20 Å². The molecule has 0 saturated carbocycles. The van der Waals surface area contributed by atoms with Gasteiger partial charge in [-0.2, -0.15) is 0 Å². The average Bonchev–Trinajstić information content (AvgIpc) is 2.16. The minimum atomic E-state index is -1.17. The smallest absolute Gasteiger partial charge is 0.341 e. The molecule has 1 heterocycles. The van der Waals surface area contributed by atoms with Gasteiger partial charge in [0.25, 0.3) is 0 Å². The van der Waals surface area contributed by atoms with Gasteiger partial charge in [0.15, 0.2) is 0 Å². The highest BCUT2D eigenvalue weighted by atomic mass is 16.5.